The van der Waals surface area contributed by atoms with Gasteiger partial charge in [0, 0.05) is 18.8 Å². The van der Waals surface area contributed by atoms with E-state index >= 15 is 0 Å². The van der Waals surface area contributed by atoms with E-state index in [0.717, 1.165) is 22.1 Å². The van der Waals surface area contributed by atoms with Crippen molar-refractivity contribution in [3.05, 3.63) is 52.1 Å². The highest BCUT2D eigenvalue weighted by Gasteiger charge is 2.35. The predicted octanol–water partition coefficient (Wildman–Crippen LogP) is 2.47. The molecule has 0 N–H and O–H groups in total. The van der Waals surface area contributed by atoms with Gasteiger partial charge in [-0.2, -0.15) is 0 Å². The van der Waals surface area contributed by atoms with Gasteiger partial charge in [0.15, 0.2) is 11.6 Å². The molecule has 6 nitrogen and oxygen atoms in total. The fourth-order valence-electron chi connectivity index (χ4n) is 3.07. The summed E-state index contributed by atoms with van der Waals surface area (Å²) in [6, 6.07) is 9.70. The lowest BCUT2D eigenvalue weighted by Gasteiger charge is -2.31. The van der Waals surface area contributed by atoms with Crippen LogP contribution < -0.4 is 0 Å². The Kier molecular flexibility index (Phi) is 3.65. The van der Waals surface area contributed by atoms with Crippen LogP contribution in [0.15, 0.2) is 35.7 Å². The Bertz CT molecular complexity index is 886. The van der Waals surface area contributed by atoms with Crippen molar-refractivity contribution in [3.63, 3.8) is 0 Å². The summed E-state index contributed by atoms with van der Waals surface area (Å²) in [6.07, 6.45) is 0.616. The number of hydrogen-bond donors (Lipinski definition) is 0. The maximum Gasteiger partial charge on any atom is 0.246 e. The van der Waals surface area contributed by atoms with E-state index < -0.39 is 0 Å². The predicted molar refractivity (Wildman–Crippen MR) is 91.5 cm³/mol. The van der Waals surface area contributed by atoms with Crippen molar-refractivity contribution in [2.24, 2.45) is 0 Å². The second kappa shape index (κ2) is 5.83. The van der Waals surface area contributed by atoms with Crippen LogP contribution in [0.25, 0.3) is 11.5 Å². The zero-order valence-corrected chi connectivity index (χ0v) is 14.3. The molecule has 3 aromatic rings. The van der Waals surface area contributed by atoms with Crippen LogP contribution in [0, 0.1) is 6.92 Å². The van der Waals surface area contributed by atoms with Gasteiger partial charge in [-0.15, -0.1) is 21.5 Å². The molecule has 1 atom stereocenters. The lowest BCUT2D eigenvalue weighted by molar-refractivity contribution is -0.135. The van der Waals surface area contributed by atoms with Crippen molar-refractivity contribution in [3.8, 4) is 11.5 Å². The maximum atomic E-state index is 12.8. The Hall–Kier alpha value is -2.54. The number of hydrogen-bond acceptors (Lipinski definition) is 5. The smallest absolute Gasteiger partial charge is 0.246 e. The van der Waals surface area contributed by atoms with Gasteiger partial charge >= 0.3 is 0 Å². The number of nitrogens with zero attached hydrogens (tertiary/aromatic N) is 5. The van der Waals surface area contributed by atoms with Gasteiger partial charge < -0.3 is 4.90 Å². The first kappa shape index (κ1) is 15.0. The molecule has 1 amide bonds. The Balaban J connectivity index is 1.80. The SMILES string of the molecule is Cc1nc(-c2nnc3n2[C@@H](Cc2ccccc2)C(=O)N(C)C3)cs1. The molecule has 0 radical (unpaired) electrons. The minimum absolute atomic E-state index is 0.0827. The zero-order chi connectivity index (χ0) is 16.7. The Labute approximate surface area is 143 Å². The average molecular weight is 339 g/mol. The summed E-state index contributed by atoms with van der Waals surface area (Å²) in [7, 11) is 1.81. The Morgan fingerprint density at radius 3 is 2.75 bits per heavy atom. The average Bonchev–Trinajstić information content (AvgIpc) is 3.18. The van der Waals surface area contributed by atoms with Crippen LogP contribution in [-0.2, 0) is 17.8 Å². The molecule has 1 aliphatic rings. The fraction of sp³-hybridized carbons (Fsp3) is 0.294. The molecule has 0 fully saturated rings. The fourth-order valence-corrected chi connectivity index (χ4v) is 3.66. The normalized spacial score (nSPS) is 17.2. The van der Waals surface area contributed by atoms with Gasteiger partial charge in [0.2, 0.25) is 5.91 Å². The largest absolute Gasteiger partial charge is 0.336 e. The van der Waals surface area contributed by atoms with Gasteiger partial charge in [-0.1, -0.05) is 30.3 Å². The number of aromatic nitrogens is 4. The van der Waals surface area contributed by atoms with Crippen LogP contribution in [0.5, 0.6) is 0 Å². The lowest BCUT2D eigenvalue weighted by atomic mass is 10.0. The topological polar surface area (TPSA) is 63.9 Å². The van der Waals surface area contributed by atoms with Gasteiger partial charge in [-0.3, -0.25) is 9.36 Å². The molecule has 122 valence electrons. The van der Waals surface area contributed by atoms with E-state index in [4.69, 9.17) is 0 Å². The van der Waals surface area contributed by atoms with Gasteiger partial charge in [0.25, 0.3) is 0 Å². The van der Waals surface area contributed by atoms with Crippen molar-refractivity contribution in [2.75, 3.05) is 7.05 Å². The molecular formula is C17H17N5OS. The van der Waals surface area contributed by atoms with E-state index in [-0.39, 0.29) is 11.9 Å². The standard InChI is InChI=1S/C17H17N5OS/c1-11-18-13(10-24-11)16-20-19-15-9-21(2)17(23)14(22(15)16)8-12-6-4-3-5-7-12/h3-7,10,14H,8-9H2,1-2H3/t14-/m0/s1. The third kappa shape index (κ3) is 2.50. The zero-order valence-electron chi connectivity index (χ0n) is 13.5. The molecule has 2 aromatic heterocycles. The first-order chi connectivity index (χ1) is 11.6. The summed E-state index contributed by atoms with van der Waals surface area (Å²) >= 11 is 1.57. The second-order valence-corrected chi connectivity index (χ2v) is 7.02. The summed E-state index contributed by atoms with van der Waals surface area (Å²) < 4.78 is 1.96. The minimum Gasteiger partial charge on any atom is -0.336 e. The van der Waals surface area contributed by atoms with E-state index in [1.54, 1.807) is 16.2 Å². The number of carbonyl (C=O) groups is 1. The summed E-state index contributed by atoms with van der Waals surface area (Å²) in [4.78, 5) is 19.0. The molecule has 24 heavy (non-hydrogen) atoms. The van der Waals surface area contributed by atoms with Gasteiger partial charge in [-0.25, -0.2) is 4.98 Å². The monoisotopic (exact) mass is 339 g/mol. The highest BCUT2D eigenvalue weighted by molar-refractivity contribution is 7.09. The number of carbonyl (C=O) groups excluding carboxylic acids is 1. The van der Waals surface area contributed by atoms with Crippen molar-refractivity contribution in [1.29, 1.82) is 0 Å². The van der Waals surface area contributed by atoms with Crippen LogP contribution in [-0.4, -0.2) is 37.6 Å². The Morgan fingerprint density at radius 1 is 1.25 bits per heavy atom. The molecular weight excluding hydrogens is 322 g/mol. The summed E-state index contributed by atoms with van der Waals surface area (Å²) in [5, 5.41) is 11.6. The molecule has 4 rings (SSSR count). The molecule has 0 saturated carbocycles. The molecule has 0 saturated heterocycles. The first-order valence-corrected chi connectivity index (χ1v) is 8.66. The van der Waals surface area contributed by atoms with E-state index in [0.29, 0.717) is 18.8 Å². The number of likely N-dealkylation sites (N-methyl/N-ethyl adjacent to an activating group) is 1. The molecule has 1 aromatic carbocycles. The molecule has 7 heteroatoms. The number of aryl methyl sites for hydroxylation is 1. The first-order valence-electron chi connectivity index (χ1n) is 7.78. The van der Waals surface area contributed by atoms with E-state index in [9.17, 15) is 4.79 Å². The molecule has 0 bridgehead atoms. The van der Waals surface area contributed by atoms with Crippen molar-refractivity contribution < 1.29 is 4.79 Å². The molecule has 3 heterocycles. The quantitative estimate of drug-likeness (QED) is 0.735. The highest BCUT2D eigenvalue weighted by Crippen LogP contribution is 2.30. The summed E-state index contributed by atoms with van der Waals surface area (Å²) in [5.41, 5.74) is 1.90. The third-order valence-electron chi connectivity index (χ3n) is 4.24. The maximum absolute atomic E-state index is 12.8. The number of rotatable bonds is 3. The minimum atomic E-state index is -0.340. The molecule has 1 aliphatic heterocycles. The van der Waals surface area contributed by atoms with Crippen molar-refractivity contribution >= 4 is 17.2 Å². The van der Waals surface area contributed by atoms with Crippen LogP contribution in [0.3, 0.4) is 0 Å². The number of thiazole rings is 1. The highest BCUT2D eigenvalue weighted by atomic mass is 32.1. The van der Waals surface area contributed by atoms with Crippen molar-refractivity contribution in [2.45, 2.75) is 25.9 Å². The van der Waals surface area contributed by atoms with Gasteiger partial charge in [-0.05, 0) is 12.5 Å². The summed E-state index contributed by atoms with van der Waals surface area (Å²) in [5.74, 6) is 1.56. The lowest BCUT2D eigenvalue weighted by Crippen LogP contribution is -2.41. The molecule has 0 spiro atoms. The number of amides is 1. The summed E-state index contributed by atoms with van der Waals surface area (Å²) in [6.45, 7) is 2.43. The number of benzene rings is 1. The van der Waals surface area contributed by atoms with Crippen LogP contribution in [0.4, 0.5) is 0 Å². The van der Waals surface area contributed by atoms with Crippen molar-refractivity contribution in [1.82, 2.24) is 24.6 Å². The second-order valence-electron chi connectivity index (χ2n) is 5.96. The van der Waals surface area contributed by atoms with Crippen LogP contribution >= 0.6 is 11.3 Å². The van der Waals surface area contributed by atoms with Gasteiger partial charge in [0.1, 0.15) is 11.7 Å². The molecule has 0 unspecified atom stereocenters. The van der Waals surface area contributed by atoms with E-state index in [2.05, 4.69) is 15.2 Å². The Morgan fingerprint density at radius 2 is 2.04 bits per heavy atom. The third-order valence-corrected chi connectivity index (χ3v) is 5.01. The van der Waals surface area contributed by atoms with E-state index in [1.807, 2.05) is 54.3 Å². The van der Waals surface area contributed by atoms with E-state index in [1.165, 1.54) is 0 Å². The molecule has 0 aliphatic carbocycles. The number of fused-ring (bicyclic) bond motifs is 1. The van der Waals surface area contributed by atoms with Crippen LogP contribution in [0.2, 0.25) is 0 Å². The van der Waals surface area contributed by atoms with Gasteiger partial charge in [0.05, 0.1) is 11.6 Å². The van der Waals surface area contributed by atoms with Crippen LogP contribution in [0.1, 0.15) is 22.4 Å².